The first kappa shape index (κ1) is 16.5. The molecule has 2 atom stereocenters. The van der Waals surface area contributed by atoms with Crippen molar-refractivity contribution in [3.8, 4) is 0 Å². The van der Waals surface area contributed by atoms with Crippen LogP contribution in [-0.4, -0.2) is 29.0 Å². The van der Waals surface area contributed by atoms with Crippen LogP contribution in [-0.2, 0) is 17.8 Å². The van der Waals surface area contributed by atoms with Crippen LogP contribution in [0.25, 0.3) is 0 Å². The van der Waals surface area contributed by atoms with Crippen molar-refractivity contribution in [3.05, 3.63) is 17.0 Å². The first-order chi connectivity index (χ1) is 9.84. The maximum Gasteiger partial charge on any atom is 0.0664 e. The van der Waals surface area contributed by atoms with Crippen LogP contribution in [0.1, 0.15) is 51.1 Å². The summed E-state index contributed by atoms with van der Waals surface area (Å²) in [4.78, 5) is 0. The van der Waals surface area contributed by atoms with Gasteiger partial charge < -0.3 is 10.1 Å². The van der Waals surface area contributed by atoms with Crippen LogP contribution in [0.5, 0.6) is 0 Å². The summed E-state index contributed by atoms with van der Waals surface area (Å²) in [5.41, 5.74) is 4.01. The van der Waals surface area contributed by atoms with Crippen molar-refractivity contribution in [2.45, 2.75) is 67.2 Å². The molecule has 1 saturated heterocycles. The second kappa shape index (κ2) is 6.49. The highest BCUT2D eigenvalue weighted by Gasteiger charge is 2.36. The largest absolute Gasteiger partial charge is 0.377 e. The van der Waals surface area contributed by atoms with E-state index in [1.165, 1.54) is 17.7 Å². The number of aryl methyl sites for hydroxylation is 2. The van der Waals surface area contributed by atoms with Crippen LogP contribution in [0, 0.1) is 25.2 Å². The van der Waals surface area contributed by atoms with Crippen LogP contribution in [0.4, 0.5) is 0 Å². The van der Waals surface area contributed by atoms with E-state index in [2.05, 4.69) is 56.6 Å². The molecule has 2 heterocycles. The highest BCUT2D eigenvalue weighted by atomic mass is 16.5. The summed E-state index contributed by atoms with van der Waals surface area (Å²) in [6.45, 7) is 17.0. The molecule has 1 aromatic heterocycles. The third-order valence-corrected chi connectivity index (χ3v) is 4.61. The lowest BCUT2D eigenvalue weighted by atomic mass is 9.81. The predicted octanol–water partition coefficient (Wildman–Crippen LogP) is 3.06. The van der Waals surface area contributed by atoms with Crippen molar-refractivity contribution >= 4 is 0 Å². The minimum absolute atomic E-state index is 0.224. The predicted molar refractivity (Wildman–Crippen MR) is 86.4 cm³/mol. The van der Waals surface area contributed by atoms with Crippen molar-refractivity contribution in [2.75, 3.05) is 13.2 Å². The van der Waals surface area contributed by atoms with E-state index in [1.807, 2.05) is 0 Å². The number of nitrogens with zero attached hydrogens (tertiary/aromatic N) is 2. The molecule has 0 unspecified atom stereocenters. The zero-order valence-electron chi connectivity index (χ0n) is 14.5. The van der Waals surface area contributed by atoms with E-state index < -0.39 is 0 Å². The van der Waals surface area contributed by atoms with Gasteiger partial charge in [-0.3, -0.25) is 4.68 Å². The van der Waals surface area contributed by atoms with Crippen LogP contribution >= 0.6 is 0 Å². The Morgan fingerprint density at radius 3 is 2.62 bits per heavy atom. The van der Waals surface area contributed by atoms with Crippen LogP contribution in [0.3, 0.4) is 0 Å². The van der Waals surface area contributed by atoms with Gasteiger partial charge in [-0.05, 0) is 32.6 Å². The molecule has 0 aromatic carbocycles. The van der Waals surface area contributed by atoms with Gasteiger partial charge in [-0.15, -0.1) is 0 Å². The molecule has 0 saturated carbocycles. The van der Waals surface area contributed by atoms with Gasteiger partial charge in [0, 0.05) is 43.4 Å². The zero-order valence-corrected chi connectivity index (χ0v) is 14.5. The van der Waals surface area contributed by atoms with Crippen LogP contribution in [0.15, 0.2) is 0 Å². The number of ether oxygens (including phenoxy) is 1. The lowest BCUT2D eigenvalue weighted by molar-refractivity contribution is 0.00720. The Morgan fingerprint density at radius 1 is 1.33 bits per heavy atom. The molecule has 1 fully saturated rings. The van der Waals surface area contributed by atoms with Gasteiger partial charge in [-0.1, -0.05) is 20.8 Å². The fraction of sp³-hybridized carbons (Fsp3) is 0.824. The Hall–Kier alpha value is -0.870. The minimum atomic E-state index is 0.224. The van der Waals surface area contributed by atoms with E-state index in [0.29, 0.717) is 12.0 Å². The average Bonchev–Trinajstić information content (AvgIpc) is 2.97. The number of nitrogens with one attached hydrogen (secondary N) is 1. The van der Waals surface area contributed by atoms with Crippen LogP contribution < -0.4 is 5.32 Å². The lowest BCUT2D eigenvalue weighted by Crippen LogP contribution is -2.36. The standard InChI is InChI=1S/C17H31N3O/c1-7-20-13(3)15(12(2)19-20)11-18-10-14-8-9-21-16(14)17(4,5)6/h14,16,18H,7-11H2,1-6H3/t14-,16+/m1/s1. The summed E-state index contributed by atoms with van der Waals surface area (Å²) in [6.07, 6.45) is 1.53. The van der Waals surface area contributed by atoms with E-state index in [1.54, 1.807) is 0 Å². The van der Waals surface area contributed by atoms with Gasteiger partial charge in [0.15, 0.2) is 0 Å². The molecule has 0 radical (unpaired) electrons. The van der Waals surface area contributed by atoms with E-state index in [0.717, 1.165) is 31.9 Å². The molecule has 2 rings (SSSR count). The fourth-order valence-corrected chi connectivity index (χ4v) is 3.48. The number of rotatable bonds is 5. The molecular weight excluding hydrogens is 262 g/mol. The monoisotopic (exact) mass is 293 g/mol. The normalized spacial score (nSPS) is 23.0. The third kappa shape index (κ3) is 3.67. The van der Waals surface area contributed by atoms with E-state index in [4.69, 9.17) is 4.74 Å². The molecule has 1 aromatic rings. The molecule has 4 heteroatoms. The van der Waals surface area contributed by atoms with Crippen molar-refractivity contribution in [1.82, 2.24) is 15.1 Å². The first-order valence-electron chi connectivity index (χ1n) is 8.19. The molecule has 0 aliphatic carbocycles. The molecule has 0 amide bonds. The Labute approximate surface area is 129 Å². The topological polar surface area (TPSA) is 39.1 Å². The summed E-state index contributed by atoms with van der Waals surface area (Å²) in [5, 5.41) is 8.22. The van der Waals surface area contributed by atoms with Gasteiger partial charge in [0.05, 0.1) is 11.8 Å². The summed E-state index contributed by atoms with van der Waals surface area (Å²) in [7, 11) is 0. The number of hydrogen-bond donors (Lipinski definition) is 1. The van der Waals surface area contributed by atoms with E-state index in [-0.39, 0.29) is 5.41 Å². The van der Waals surface area contributed by atoms with Crippen molar-refractivity contribution in [3.63, 3.8) is 0 Å². The summed E-state index contributed by atoms with van der Waals surface area (Å²) < 4.78 is 8.03. The van der Waals surface area contributed by atoms with Gasteiger partial charge >= 0.3 is 0 Å². The fourth-order valence-electron chi connectivity index (χ4n) is 3.48. The molecule has 4 nitrogen and oxygen atoms in total. The molecular formula is C17H31N3O. The van der Waals surface area contributed by atoms with Crippen LogP contribution in [0.2, 0.25) is 0 Å². The van der Waals surface area contributed by atoms with Crippen molar-refractivity contribution in [1.29, 1.82) is 0 Å². The smallest absolute Gasteiger partial charge is 0.0664 e. The van der Waals surface area contributed by atoms with E-state index >= 15 is 0 Å². The van der Waals surface area contributed by atoms with Gasteiger partial charge in [0.2, 0.25) is 0 Å². The Morgan fingerprint density at radius 2 is 2.05 bits per heavy atom. The second-order valence-corrected chi connectivity index (χ2v) is 7.30. The quantitative estimate of drug-likeness (QED) is 0.907. The molecule has 1 aliphatic heterocycles. The highest BCUT2D eigenvalue weighted by Crippen LogP contribution is 2.34. The molecule has 1 N–H and O–H groups in total. The van der Waals surface area contributed by atoms with Crippen molar-refractivity contribution < 1.29 is 4.74 Å². The van der Waals surface area contributed by atoms with Gasteiger partial charge in [0.1, 0.15) is 0 Å². The molecule has 1 aliphatic rings. The van der Waals surface area contributed by atoms with Gasteiger partial charge in [0.25, 0.3) is 0 Å². The summed E-state index contributed by atoms with van der Waals surface area (Å²) in [6, 6.07) is 0. The molecule has 120 valence electrons. The number of aromatic nitrogens is 2. The zero-order chi connectivity index (χ0) is 15.6. The average molecular weight is 293 g/mol. The number of hydrogen-bond acceptors (Lipinski definition) is 3. The molecule has 0 bridgehead atoms. The van der Waals surface area contributed by atoms with Gasteiger partial charge in [-0.2, -0.15) is 5.10 Å². The SMILES string of the molecule is CCn1nc(C)c(CNC[C@H]2CCO[C@@H]2C(C)(C)C)c1C. The summed E-state index contributed by atoms with van der Waals surface area (Å²) in [5.74, 6) is 0.617. The second-order valence-electron chi connectivity index (χ2n) is 7.30. The van der Waals surface area contributed by atoms with E-state index in [9.17, 15) is 0 Å². The molecule has 21 heavy (non-hydrogen) atoms. The highest BCUT2D eigenvalue weighted by molar-refractivity contribution is 5.24. The summed E-state index contributed by atoms with van der Waals surface area (Å²) >= 11 is 0. The third-order valence-electron chi connectivity index (χ3n) is 4.61. The minimum Gasteiger partial charge on any atom is -0.377 e. The lowest BCUT2D eigenvalue weighted by Gasteiger charge is -2.31. The maximum atomic E-state index is 5.95. The Kier molecular flexibility index (Phi) is 5.10. The molecule has 0 spiro atoms. The van der Waals surface area contributed by atoms with Gasteiger partial charge in [-0.25, -0.2) is 0 Å². The maximum absolute atomic E-state index is 5.95. The Balaban J connectivity index is 1.91. The Bertz CT molecular complexity index is 473. The first-order valence-corrected chi connectivity index (χ1v) is 8.19. The van der Waals surface area contributed by atoms with Crippen molar-refractivity contribution in [2.24, 2.45) is 11.3 Å².